The third-order valence-corrected chi connectivity index (χ3v) is 4.57. The lowest BCUT2D eigenvalue weighted by atomic mass is 10.0. The van der Waals surface area contributed by atoms with E-state index in [0.29, 0.717) is 28.4 Å². The summed E-state index contributed by atoms with van der Waals surface area (Å²) in [5.74, 6) is 0.146. The molecule has 1 amide bonds. The Bertz CT molecular complexity index is 1150. The first-order chi connectivity index (χ1) is 13.7. The lowest BCUT2D eigenvalue weighted by Gasteiger charge is -2.17. The summed E-state index contributed by atoms with van der Waals surface area (Å²) in [6.07, 6.45) is -3.19. The summed E-state index contributed by atoms with van der Waals surface area (Å²) in [7, 11) is 0. The van der Waals surface area contributed by atoms with Crippen molar-refractivity contribution in [1.82, 2.24) is 5.16 Å². The molecule has 0 fully saturated rings. The van der Waals surface area contributed by atoms with Crippen LogP contribution in [0.1, 0.15) is 22.5 Å². The molecular weight excluding hydrogens is 383 g/mol. The van der Waals surface area contributed by atoms with E-state index in [9.17, 15) is 18.0 Å². The van der Waals surface area contributed by atoms with Gasteiger partial charge in [0, 0.05) is 17.7 Å². The minimum absolute atomic E-state index is 0.0612. The Morgan fingerprint density at radius 3 is 2.38 bits per heavy atom. The van der Waals surface area contributed by atoms with E-state index < -0.39 is 17.6 Å². The number of nitrogens with zero attached hydrogens (tertiary/aromatic N) is 1. The molecule has 1 aromatic heterocycles. The Morgan fingerprint density at radius 2 is 1.69 bits per heavy atom. The number of halogens is 3. The fourth-order valence-corrected chi connectivity index (χ4v) is 3.21. The number of amides is 1. The molecule has 2 heterocycles. The summed E-state index contributed by atoms with van der Waals surface area (Å²) in [4.78, 5) is 12.3. The third kappa shape index (κ3) is 3.73. The van der Waals surface area contributed by atoms with Gasteiger partial charge >= 0.3 is 6.18 Å². The summed E-state index contributed by atoms with van der Waals surface area (Å²) in [5.41, 5.74) is 2.31. The molecule has 0 saturated carbocycles. The van der Waals surface area contributed by atoms with Crippen LogP contribution in [0.15, 0.2) is 53.1 Å². The van der Waals surface area contributed by atoms with Crippen LogP contribution in [0.25, 0.3) is 17.0 Å². The van der Waals surface area contributed by atoms with Crippen molar-refractivity contribution in [2.75, 3.05) is 10.6 Å². The zero-order valence-corrected chi connectivity index (χ0v) is 15.5. The van der Waals surface area contributed by atoms with Gasteiger partial charge in [0.15, 0.2) is 0 Å². The van der Waals surface area contributed by atoms with Crippen molar-refractivity contribution in [2.45, 2.75) is 20.0 Å². The number of carbonyl (C=O) groups excluding carboxylic acids is 1. The summed E-state index contributed by atoms with van der Waals surface area (Å²) in [5, 5.41) is 9.57. The van der Waals surface area contributed by atoms with Crippen molar-refractivity contribution >= 4 is 23.0 Å². The lowest BCUT2D eigenvalue weighted by Crippen LogP contribution is -2.11. The average molecular weight is 399 g/mol. The molecule has 1 aliphatic rings. The molecule has 3 aromatic rings. The fraction of sp³-hybridized carbons (Fsp3) is 0.143. The van der Waals surface area contributed by atoms with Crippen molar-refractivity contribution in [3.8, 4) is 11.3 Å². The van der Waals surface area contributed by atoms with Crippen molar-refractivity contribution in [2.24, 2.45) is 0 Å². The van der Waals surface area contributed by atoms with Crippen LogP contribution in [0, 0.1) is 13.8 Å². The van der Waals surface area contributed by atoms with Gasteiger partial charge < -0.3 is 15.2 Å². The van der Waals surface area contributed by atoms with Crippen LogP contribution in [-0.4, -0.2) is 11.1 Å². The van der Waals surface area contributed by atoms with Crippen molar-refractivity contribution in [1.29, 1.82) is 0 Å². The van der Waals surface area contributed by atoms with Gasteiger partial charge in [0.05, 0.1) is 22.6 Å². The number of benzene rings is 2. The van der Waals surface area contributed by atoms with E-state index in [2.05, 4.69) is 15.8 Å². The van der Waals surface area contributed by atoms with E-state index in [0.717, 1.165) is 11.6 Å². The molecular formula is C21H16F3N3O2. The molecule has 0 spiro atoms. The highest BCUT2D eigenvalue weighted by molar-refractivity contribution is 6.10. The molecule has 1 aliphatic heterocycles. The van der Waals surface area contributed by atoms with Gasteiger partial charge in [-0.3, -0.25) is 4.79 Å². The van der Waals surface area contributed by atoms with Gasteiger partial charge in [-0.2, -0.15) is 13.2 Å². The minimum Gasteiger partial charge on any atom is -0.361 e. The molecule has 2 aromatic carbocycles. The van der Waals surface area contributed by atoms with Gasteiger partial charge in [0.1, 0.15) is 11.5 Å². The Morgan fingerprint density at radius 1 is 0.966 bits per heavy atom. The summed E-state index contributed by atoms with van der Waals surface area (Å²) in [6, 6.07) is 11.4. The molecule has 8 heteroatoms. The topological polar surface area (TPSA) is 67.2 Å². The number of carbonyl (C=O) groups is 1. The summed E-state index contributed by atoms with van der Waals surface area (Å²) < 4.78 is 44.7. The number of fused-ring (bicyclic) bond motifs is 1. The number of aromatic nitrogens is 1. The van der Waals surface area contributed by atoms with Crippen LogP contribution in [0.5, 0.6) is 0 Å². The predicted molar refractivity (Wildman–Crippen MR) is 103 cm³/mol. The molecule has 0 atom stereocenters. The maximum absolute atomic E-state index is 13.2. The number of nitrogens with one attached hydrogen (secondary N) is 2. The lowest BCUT2D eigenvalue weighted by molar-refractivity contribution is -0.138. The van der Waals surface area contributed by atoms with Crippen LogP contribution in [0.3, 0.4) is 0 Å². The number of hydrogen-bond donors (Lipinski definition) is 2. The Balaban J connectivity index is 1.74. The Kier molecular flexibility index (Phi) is 4.41. The average Bonchev–Trinajstić information content (AvgIpc) is 3.01. The first kappa shape index (κ1) is 18.8. The van der Waals surface area contributed by atoms with E-state index in [4.69, 9.17) is 4.52 Å². The zero-order valence-electron chi connectivity index (χ0n) is 15.5. The molecule has 0 unspecified atom stereocenters. The van der Waals surface area contributed by atoms with Gasteiger partial charge in [-0.15, -0.1) is 0 Å². The summed E-state index contributed by atoms with van der Waals surface area (Å²) >= 11 is 0. The fourth-order valence-electron chi connectivity index (χ4n) is 3.21. The highest BCUT2D eigenvalue weighted by Crippen LogP contribution is 2.39. The van der Waals surface area contributed by atoms with Crippen LogP contribution >= 0.6 is 0 Å². The monoisotopic (exact) mass is 399 g/mol. The van der Waals surface area contributed by atoms with Crippen LogP contribution < -0.4 is 10.6 Å². The Labute approximate surface area is 164 Å². The van der Waals surface area contributed by atoms with E-state index in [1.54, 1.807) is 25.1 Å². The minimum atomic E-state index is -4.50. The molecule has 0 aliphatic carbocycles. The molecule has 0 radical (unpaired) electrons. The largest absolute Gasteiger partial charge is 0.416 e. The maximum atomic E-state index is 13.2. The van der Waals surface area contributed by atoms with Crippen LogP contribution in [-0.2, 0) is 11.0 Å². The zero-order chi connectivity index (χ0) is 20.8. The van der Waals surface area contributed by atoms with Crippen molar-refractivity contribution in [3.05, 3.63) is 71.0 Å². The highest BCUT2D eigenvalue weighted by atomic mass is 19.4. The number of alkyl halides is 3. The standard InChI is InChI=1S/C21H16F3N3O2/c1-11-6-18-19(9-15(11)21(22,23)24)26-20(28)10-16(25-18)13-4-3-5-14(8-13)17-7-12(2)29-27-17/h3-10,25H,1-2H3,(H,26,28). The van der Waals surface area contributed by atoms with Crippen LogP contribution in [0.2, 0.25) is 0 Å². The molecule has 0 bridgehead atoms. The van der Waals surface area contributed by atoms with Gasteiger partial charge in [-0.25, -0.2) is 0 Å². The number of hydrogen-bond acceptors (Lipinski definition) is 4. The maximum Gasteiger partial charge on any atom is 0.416 e. The van der Waals surface area contributed by atoms with Gasteiger partial charge in [-0.1, -0.05) is 23.4 Å². The third-order valence-electron chi connectivity index (χ3n) is 4.57. The number of aryl methyl sites for hydroxylation is 2. The first-order valence-electron chi connectivity index (χ1n) is 8.76. The second-order valence-corrected chi connectivity index (χ2v) is 6.79. The highest BCUT2D eigenvalue weighted by Gasteiger charge is 2.33. The molecule has 148 valence electrons. The van der Waals surface area contributed by atoms with E-state index in [1.165, 1.54) is 19.1 Å². The quantitative estimate of drug-likeness (QED) is 0.607. The number of rotatable bonds is 2. The van der Waals surface area contributed by atoms with Crippen molar-refractivity contribution in [3.63, 3.8) is 0 Å². The second kappa shape index (κ2) is 6.80. The predicted octanol–water partition coefficient (Wildman–Crippen LogP) is 5.38. The van der Waals surface area contributed by atoms with Crippen LogP contribution in [0.4, 0.5) is 24.5 Å². The van der Waals surface area contributed by atoms with E-state index >= 15 is 0 Å². The van der Waals surface area contributed by atoms with Gasteiger partial charge in [0.2, 0.25) is 0 Å². The molecule has 2 N–H and O–H groups in total. The molecule has 0 saturated heterocycles. The normalized spacial score (nSPS) is 13.8. The number of anilines is 2. The SMILES string of the molecule is Cc1cc(-c2cccc(C3=CC(=O)Nc4cc(C(F)(F)F)c(C)cc4N3)c2)no1. The Hall–Kier alpha value is -3.55. The first-order valence-corrected chi connectivity index (χ1v) is 8.76. The van der Waals surface area contributed by atoms with E-state index in [-0.39, 0.29) is 11.3 Å². The van der Waals surface area contributed by atoms with Gasteiger partial charge in [0.25, 0.3) is 5.91 Å². The molecule has 4 rings (SSSR count). The summed E-state index contributed by atoms with van der Waals surface area (Å²) in [6.45, 7) is 3.17. The molecule has 5 nitrogen and oxygen atoms in total. The second-order valence-electron chi connectivity index (χ2n) is 6.79. The molecule has 29 heavy (non-hydrogen) atoms. The smallest absolute Gasteiger partial charge is 0.361 e. The van der Waals surface area contributed by atoms with E-state index in [1.807, 2.05) is 12.1 Å². The van der Waals surface area contributed by atoms with Gasteiger partial charge in [-0.05, 0) is 43.2 Å². The van der Waals surface area contributed by atoms with Crippen molar-refractivity contribution < 1.29 is 22.5 Å².